The minimum atomic E-state index is -0.0443. The summed E-state index contributed by atoms with van der Waals surface area (Å²) in [6, 6.07) is 0. The fraction of sp³-hybridized carbons (Fsp3) is 1.00. The molecule has 0 aromatic carbocycles. The summed E-state index contributed by atoms with van der Waals surface area (Å²) in [5, 5.41) is 3.71. The van der Waals surface area contributed by atoms with Gasteiger partial charge in [-0.25, -0.2) is 0 Å². The van der Waals surface area contributed by atoms with Gasteiger partial charge in [-0.3, -0.25) is 5.32 Å². The highest BCUT2D eigenvalue weighted by atomic mass is 16.5. The van der Waals surface area contributed by atoms with Crippen molar-refractivity contribution < 1.29 is 4.74 Å². The van der Waals surface area contributed by atoms with E-state index in [2.05, 4.69) is 19.2 Å². The monoisotopic (exact) mass is 183 g/mol. The van der Waals surface area contributed by atoms with E-state index in [0.29, 0.717) is 5.54 Å². The van der Waals surface area contributed by atoms with Gasteiger partial charge < -0.3 is 4.74 Å². The van der Waals surface area contributed by atoms with E-state index in [1.54, 1.807) is 0 Å². The maximum Gasteiger partial charge on any atom is 0.116 e. The Labute approximate surface area is 81.0 Å². The van der Waals surface area contributed by atoms with Crippen molar-refractivity contribution in [3.63, 3.8) is 0 Å². The van der Waals surface area contributed by atoms with E-state index in [1.165, 1.54) is 32.1 Å². The highest BCUT2D eigenvalue weighted by Crippen LogP contribution is 2.36. The molecule has 1 N–H and O–H groups in total. The summed E-state index contributed by atoms with van der Waals surface area (Å²) in [5.74, 6) is 0. The molecular formula is C11H21NO. The third kappa shape index (κ3) is 1.75. The lowest BCUT2D eigenvalue weighted by Gasteiger charge is -2.34. The quantitative estimate of drug-likeness (QED) is 0.674. The molecule has 0 aromatic heterocycles. The lowest BCUT2D eigenvalue weighted by molar-refractivity contribution is 0.00305. The zero-order chi connectivity index (χ0) is 9.36. The first-order valence-corrected chi connectivity index (χ1v) is 5.61. The third-order valence-corrected chi connectivity index (χ3v) is 3.68. The number of nitrogens with one attached hydrogen (secondary N) is 1. The summed E-state index contributed by atoms with van der Waals surface area (Å²) in [5.41, 5.74) is 0.292. The highest BCUT2D eigenvalue weighted by Gasteiger charge is 2.45. The van der Waals surface area contributed by atoms with E-state index in [0.717, 1.165) is 13.0 Å². The van der Waals surface area contributed by atoms with Crippen LogP contribution in [0.25, 0.3) is 0 Å². The van der Waals surface area contributed by atoms with Crippen molar-refractivity contribution in [1.29, 1.82) is 0 Å². The number of rotatable bonds is 1. The molecule has 2 nitrogen and oxygen atoms in total. The SMILES string of the molecule is CC[C@@]1(C)NC2(CCCCC2)CO1. The second kappa shape index (κ2) is 3.25. The Kier molecular flexibility index (Phi) is 2.37. The first kappa shape index (κ1) is 9.47. The molecule has 1 spiro atoms. The number of hydrogen-bond acceptors (Lipinski definition) is 2. The standard InChI is InChI=1S/C11H21NO/c1-3-10(2)12-11(9-13-10)7-5-4-6-8-11/h12H,3-9H2,1-2H3/t10-/m0/s1. The summed E-state index contributed by atoms with van der Waals surface area (Å²) in [7, 11) is 0. The molecule has 2 heteroatoms. The summed E-state index contributed by atoms with van der Waals surface area (Å²) in [6.45, 7) is 5.29. The first-order chi connectivity index (χ1) is 6.18. The maximum atomic E-state index is 5.87. The van der Waals surface area contributed by atoms with E-state index < -0.39 is 0 Å². The van der Waals surface area contributed by atoms with Gasteiger partial charge in [-0.05, 0) is 26.2 Å². The first-order valence-electron chi connectivity index (χ1n) is 5.61. The molecule has 13 heavy (non-hydrogen) atoms. The van der Waals surface area contributed by atoms with E-state index >= 15 is 0 Å². The predicted octanol–water partition coefficient (Wildman–Crippen LogP) is 2.44. The number of hydrogen-bond donors (Lipinski definition) is 1. The zero-order valence-electron chi connectivity index (χ0n) is 8.86. The van der Waals surface area contributed by atoms with Gasteiger partial charge in [0.15, 0.2) is 0 Å². The summed E-state index contributed by atoms with van der Waals surface area (Å²) >= 11 is 0. The molecule has 2 rings (SSSR count). The molecule has 1 saturated carbocycles. The normalized spacial score (nSPS) is 38.3. The molecule has 1 heterocycles. The Morgan fingerprint density at radius 3 is 2.46 bits per heavy atom. The van der Waals surface area contributed by atoms with Crippen LogP contribution < -0.4 is 5.32 Å². The Morgan fingerprint density at radius 2 is 1.92 bits per heavy atom. The number of ether oxygens (including phenoxy) is 1. The molecule has 0 radical (unpaired) electrons. The van der Waals surface area contributed by atoms with Crippen molar-refractivity contribution in [3.05, 3.63) is 0 Å². The molecule has 2 fully saturated rings. The van der Waals surface area contributed by atoms with Crippen LogP contribution >= 0.6 is 0 Å². The van der Waals surface area contributed by atoms with E-state index in [9.17, 15) is 0 Å². The van der Waals surface area contributed by atoms with Gasteiger partial charge >= 0.3 is 0 Å². The Balaban J connectivity index is 2.02. The second-order valence-electron chi connectivity index (χ2n) is 4.84. The molecule has 0 amide bonds. The fourth-order valence-electron chi connectivity index (χ4n) is 2.62. The van der Waals surface area contributed by atoms with Gasteiger partial charge in [0, 0.05) is 5.54 Å². The minimum absolute atomic E-state index is 0.0443. The zero-order valence-corrected chi connectivity index (χ0v) is 8.86. The van der Waals surface area contributed by atoms with Crippen LogP contribution in [0.15, 0.2) is 0 Å². The van der Waals surface area contributed by atoms with Crippen LogP contribution in [0.1, 0.15) is 52.4 Å². The lowest BCUT2D eigenvalue weighted by Crippen LogP contribution is -2.50. The maximum absolute atomic E-state index is 5.87. The Morgan fingerprint density at radius 1 is 1.23 bits per heavy atom. The molecule has 0 unspecified atom stereocenters. The smallest absolute Gasteiger partial charge is 0.116 e. The fourth-order valence-corrected chi connectivity index (χ4v) is 2.62. The van der Waals surface area contributed by atoms with Gasteiger partial charge in [0.25, 0.3) is 0 Å². The molecule has 1 saturated heterocycles. The van der Waals surface area contributed by atoms with E-state index in [-0.39, 0.29) is 5.72 Å². The molecule has 76 valence electrons. The van der Waals surface area contributed by atoms with Crippen molar-refractivity contribution in [2.24, 2.45) is 0 Å². The second-order valence-corrected chi connectivity index (χ2v) is 4.84. The molecule has 1 aliphatic heterocycles. The van der Waals surface area contributed by atoms with Gasteiger partial charge in [0.05, 0.1) is 6.61 Å². The summed E-state index contributed by atoms with van der Waals surface area (Å²) < 4.78 is 5.87. The van der Waals surface area contributed by atoms with Crippen LogP contribution in [0.2, 0.25) is 0 Å². The summed E-state index contributed by atoms with van der Waals surface area (Å²) in [4.78, 5) is 0. The van der Waals surface area contributed by atoms with E-state index in [4.69, 9.17) is 4.74 Å². The Hall–Kier alpha value is -0.0800. The van der Waals surface area contributed by atoms with Crippen molar-refractivity contribution in [3.8, 4) is 0 Å². The summed E-state index contributed by atoms with van der Waals surface area (Å²) in [6.07, 6.45) is 7.83. The van der Waals surface area contributed by atoms with Gasteiger partial charge in [0.1, 0.15) is 5.72 Å². The van der Waals surface area contributed by atoms with Crippen molar-refractivity contribution in [1.82, 2.24) is 5.32 Å². The lowest BCUT2D eigenvalue weighted by atomic mass is 9.82. The van der Waals surface area contributed by atoms with Crippen LogP contribution in [-0.2, 0) is 4.74 Å². The van der Waals surface area contributed by atoms with Crippen LogP contribution in [0.5, 0.6) is 0 Å². The predicted molar refractivity (Wildman–Crippen MR) is 53.6 cm³/mol. The molecule has 0 bridgehead atoms. The molecule has 2 aliphatic rings. The van der Waals surface area contributed by atoms with E-state index in [1.807, 2.05) is 0 Å². The van der Waals surface area contributed by atoms with Crippen molar-refractivity contribution >= 4 is 0 Å². The average Bonchev–Trinajstić information content (AvgIpc) is 2.47. The highest BCUT2D eigenvalue weighted by molar-refractivity contribution is 4.99. The third-order valence-electron chi connectivity index (χ3n) is 3.68. The van der Waals surface area contributed by atoms with Gasteiger partial charge in [-0.2, -0.15) is 0 Å². The van der Waals surface area contributed by atoms with Crippen LogP contribution in [-0.4, -0.2) is 17.9 Å². The van der Waals surface area contributed by atoms with Gasteiger partial charge in [-0.15, -0.1) is 0 Å². The molecular weight excluding hydrogens is 162 g/mol. The Bertz CT molecular complexity index is 187. The van der Waals surface area contributed by atoms with Crippen LogP contribution in [0.4, 0.5) is 0 Å². The largest absolute Gasteiger partial charge is 0.359 e. The average molecular weight is 183 g/mol. The van der Waals surface area contributed by atoms with Crippen molar-refractivity contribution in [2.45, 2.75) is 63.6 Å². The van der Waals surface area contributed by atoms with Gasteiger partial charge in [0.2, 0.25) is 0 Å². The molecule has 1 aliphatic carbocycles. The van der Waals surface area contributed by atoms with Crippen molar-refractivity contribution in [2.75, 3.05) is 6.61 Å². The van der Waals surface area contributed by atoms with Gasteiger partial charge in [-0.1, -0.05) is 26.2 Å². The van der Waals surface area contributed by atoms with Crippen LogP contribution in [0, 0.1) is 0 Å². The van der Waals surface area contributed by atoms with Crippen LogP contribution in [0.3, 0.4) is 0 Å². The molecule has 1 atom stereocenters. The minimum Gasteiger partial charge on any atom is -0.359 e. The topological polar surface area (TPSA) is 21.3 Å². The molecule has 0 aromatic rings.